The van der Waals surface area contributed by atoms with Crippen molar-refractivity contribution in [2.75, 3.05) is 20.3 Å². The zero-order chi connectivity index (χ0) is 15.5. The fourth-order valence-electron chi connectivity index (χ4n) is 2.53. The van der Waals surface area contributed by atoms with Crippen molar-refractivity contribution in [2.45, 2.75) is 18.9 Å². The van der Waals surface area contributed by atoms with Crippen LogP contribution in [0.1, 0.15) is 18.4 Å². The summed E-state index contributed by atoms with van der Waals surface area (Å²) in [5, 5.41) is 0. The Kier molecular flexibility index (Phi) is 4.81. The highest BCUT2D eigenvalue weighted by Gasteiger charge is 2.34. The minimum atomic E-state index is -0.0340. The number of thioether (sulfide) groups is 1. The Morgan fingerprint density at radius 2 is 2.41 bits per heavy atom. The lowest BCUT2D eigenvalue weighted by atomic mass is 10.2. The van der Waals surface area contributed by atoms with E-state index in [0.29, 0.717) is 15.8 Å². The highest BCUT2D eigenvalue weighted by molar-refractivity contribution is 8.26. The molecule has 0 bridgehead atoms. The number of rotatable bonds is 4. The average molecular weight is 335 g/mol. The molecule has 2 aliphatic rings. The number of nitrogens with zero attached hydrogens (tertiary/aromatic N) is 1. The van der Waals surface area contributed by atoms with Crippen molar-refractivity contribution in [1.82, 2.24) is 4.90 Å². The summed E-state index contributed by atoms with van der Waals surface area (Å²) in [5.41, 5.74) is 0.928. The van der Waals surface area contributed by atoms with Crippen molar-refractivity contribution in [3.05, 3.63) is 34.7 Å². The van der Waals surface area contributed by atoms with Gasteiger partial charge in [-0.3, -0.25) is 9.69 Å². The first-order valence-electron chi connectivity index (χ1n) is 7.18. The van der Waals surface area contributed by atoms with E-state index in [9.17, 15) is 4.79 Å². The zero-order valence-corrected chi connectivity index (χ0v) is 13.9. The van der Waals surface area contributed by atoms with Gasteiger partial charge in [0.2, 0.25) is 0 Å². The fraction of sp³-hybridized carbons (Fsp3) is 0.375. The summed E-state index contributed by atoms with van der Waals surface area (Å²) < 4.78 is 11.4. The number of hydrogen-bond donors (Lipinski definition) is 0. The third-order valence-electron chi connectivity index (χ3n) is 3.68. The van der Waals surface area contributed by atoms with Crippen LogP contribution >= 0.6 is 24.0 Å². The van der Waals surface area contributed by atoms with Gasteiger partial charge in [-0.25, -0.2) is 0 Å². The summed E-state index contributed by atoms with van der Waals surface area (Å²) in [4.78, 5) is 14.8. The first kappa shape index (κ1) is 15.5. The number of amides is 1. The van der Waals surface area contributed by atoms with Gasteiger partial charge in [0.1, 0.15) is 10.1 Å². The lowest BCUT2D eigenvalue weighted by molar-refractivity contribution is -0.123. The van der Waals surface area contributed by atoms with Crippen LogP contribution in [0, 0.1) is 0 Å². The molecule has 1 aromatic carbocycles. The predicted octanol–water partition coefficient (Wildman–Crippen LogP) is 3.08. The monoisotopic (exact) mass is 335 g/mol. The van der Waals surface area contributed by atoms with E-state index in [2.05, 4.69) is 0 Å². The summed E-state index contributed by atoms with van der Waals surface area (Å²) in [6, 6.07) is 7.61. The fourth-order valence-corrected chi connectivity index (χ4v) is 3.81. The quantitative estimate of drug-likeness (QED) is 0.624. The molecule has 2 saturated heterocycles. The molecular weight excluding hydrogens is 318 g/mol. The maximum atomic E-state index is 12.5. The zero-order valence-electron chi connectivity index (χ0n) is 12.3. The van der Waals surface area contributed by atoms with Gasteiger partial charge in [0.05, 0.1) is 24.7 Å². The Morgan fingerprint density at radius 3 is 3.14 bits per heavy atom. The third kappa shape index (κ3) is 3.34. The Hall–Kier alpha value is -1.37. The average Bonchev–Trinajstić information content (AvgIpc) is 3.12. The predicted molar refractivity (Wildman–Crippen MR) is 91.8 cm³/mol. The van der Waals surface area contributed by atoms with Crippen LogP contribution in [0.5, 0.6) is 5.75 Å². The molecule has 0 aromatic heterocycles. The molecule has 6 heteroatoms. The molecule has 0 radical (unpaired) electrons. The van der Waals surface area contributed by atoms with Gasteiger partial charge in [-0.15, -0.1) is 0 Å². The molecular formula is C16H17NO3S2. The van der Waals surface area contributed by atoms with Crippen molar-refractivity contribution in [2.24, 2.45) is 0 Å². The van der Waals surface area contributed by atoms with Crippen molar-refractivity contribution in [3.63, 3.8) is 0 Å². The number of ether oxygens (including phenoxy) is 2. The van der Waals surface area contributed by atoms with Gasteiger partial charge >= 0.3 is 0 Å². The molecule has 0 aliphatic carbocycles. The Balaban J connectivity index is 1.75. The van der Waals surface area contributed by atoms with Crippen molar-refractivity contribution in [3.8, 4) is 5.75 Å². The van der Waals surface area contributed by atoms with E-state index in [4.69, 9.17) is 21.7 Å². The smallest absolute Gasteiger partial charge is 0.266 e. The number of carbonyl (C=O) groups excluding carboxylic acids is 1. The van der Waals surface area contributed by atoms with E-state index in [0.717, 1.165) is 30.8 Å². The summed E-state index contributed by atoms with van der Waals surface area (Å²) in [6.07, 6.45) is 4.02. The van der Waals surface area contributed by atoms with E-state index < -0.39 is 0 Å². The normalized spacial score (nSPS) is 23.6. The highest BCUT2D eigenvalue weighted by atomic mass is 32.2. The van der Waals surface area contributed by atoms with Gasteiger partial charge < -0.3 is 9.47 Å². The molecule has 22 heavy (non-hydrogen) atoms. The molecule has 2 fully saturated rings. The first-order valence-corrected chi connectivity index (χ1v) is 8.41. The van der Waals surface area contributed by atoms with Crippen LogP contribution in [0.3, 0.4) is 0 Å². The van der Waals surface area contributed by atoms with Crippen molar-refractivity contribution in [1.29, 1.82) is 0 Å². The second kappa shape index (κ2) is 6.81. The molecule has 0 N–H and O–H groups in total. The number of thiocarbonyl (C=S) groups is 1. The maximum absolute atomic E-state index is 12.5. The molecule has 2 heterocycles. The van der Waals surface area contributed by atoms with E-state index >= 15 is 0 Å². The standard InChI is InChI=1S/C16H17NO3S2/c1-19-12-5-2-4-11(8-12)9-14-15(18)17(16(21)22-14)10-13-6-3-7-20-13/h2,4-5,8-9,13H,3,6-7,10H2,1H3. The van der Waals surface area contributed by atoms with Crippen LogP contribution in [0.15, 0.2) is 29.2 Å². The molecule has 3 rings (SSSR count). The highest BCUT2D eigenvalue weighted by Crippen LogP contribution is 2.33. The molecule has 116 valence electrons. The third-order valence-corrected chi connectivity index (χ3v) is 5.05. The summed E-state index contributed by atoms with van der Waals surface area (Å²) in [5.74, 6) is 0.733. The Bertz CT molecular complexity index is 624. The van der Waals surface area contributed by atoms with Gasteiger partial charge in [0, 0.05) is 6.61 Å². The summed E-state index contributed by atoms with van der Waals surface area (Å²) in [6.45, 7) is 1.33. The van der Waals surface area contributed by atoms with Gasteiger partial charge in [-0.05, 0) is 36.6 Å². The topological polar surface area (TPSA) is 38.8 Å². The molecule has 1 unspecified atom stereocenters. The van der Waals surface area contributed by atoms with Crippen LogP contribution in [-0.4, -0.2) is 41.5 Å². The summed E-state index contributed by atoms with van der Waals surface area (Å²) in [7, 11) is 1.63. The van der Waals surface area contributed by atoms with E-state index in [1.165, 1.54) is 11.8 Å². The molecule has 4 nitrogen and oxygen atoms in total. The molecule has 0 spiro atoms. The SMILES string of the molecule is COc1cccc(C=C2SC(=S)N(CC3CCCO3)C2=O)c1. The second-order valence-corrected chi connectivity index (χ2v) is 6.88. The first-order chi connectivity index (χ1) is 10.7. The molecule has 2 aliphatic heterocycles. The number of benzene rings is 1. The Labute approximate surface area is 139 Å². The minimum Gasteiger partial charge on any atom is -0.497 e. The van der Waals surface area contributed by atoms with E-state index in [1.807, 2.05) is 30.3 Å². The van der Waals surface area contributed by atoms with Crippen LogP contribution in [0.4, 0.5) is 0 Å². The minimum absolute atomic E-state index is 0.0340. The number of carbonyl (C=O) groups is 1. The van der Waals surface area contributed by atoms with Crippen LogP contribution in [0.2, 0.25) is 0 Å². The van der Waals surface area contributed by atoms with Crippen LogP contribution in [-0.2, 0) is 9.53 Å². The summed E-state index contributed by atoms with van der Waals surface area (Å²) >= 11 is 6.69. The van der Waals surface area contributed by atoms with E-state index in [-0.39, 0.29) is 12.0 Å². The maximum Gasteiger partial charge on any atom is 0.266 e. The van der Waals surface area contributed by atoms with Gasteiger partial charge in [0.25, 0.3) is 5.91 Å². The largest absolute Gasteiger partial charge is 0.497 e. The van der Waals surface area contributed by atoms with Crippen molar-refractivity contribution < 1.29 is 14.3 Å². The second-order valence-electron chi connectivity index (χ2n) is 5.20. The molecule has 1 amide bonds. The van der Waals surface area contributed by atoms with E-state index in [1.54, 1.807) is 12.0 Å². The molecule has 1 atom stereocenters. The molecule has 1 aromatic rings. The number of hydrogen-bond acceptors (Lipinski definition) is 5. The van der Waals surface area contributed by atoms with Crippen LogP contribution in [0.25, 0.3) is 6.08 Å². The van der Waals surface area contributed by atoms with Gasteiger partial charge in [0.15, 0.2) is 0 Å². The molecule has 0 saturated carbocycles. The van der Waals surface area contributed by atoms with Gasteiger partial charge in [-0.2, -0.15) is 0 Å². The lowest BCUT2D eigenvalue weighted by Crippen LogP contribution is -2.35. The van der Waals surface area contributed by atoms with Gasteiger partial charge in [-0.1, -0.05) is 36.1 Å². The lowest BCUT2D eigenvalue weighted by Gasteiger charge is -2.18. The number of methoxy groups -OCH3 is 1. The Morgan fingerprint density at radius 1 is 1.55 bits per heavy atom. The van der Waals surface area contributed by atoms with Crippen LogP contribution < -0.4 is 4.74 Å². The van der Waals surface area contributed by atoms with Crippen molar-refractivity contribution >= 4 is 40.3 Å².